The summed E-state index contributed by atoms with van der Waals surface area (Å²) in [6.45, 7) is 8.06. The Hall–Kier alpha value is -2.92. The number of amides is 1. The quantitative estimate of drug-likeness (QED) is 0.509. The molecule has 0 aliphatic rings. The van der Waals surface area contributed by atoms with Crippen molar-refractivity contribution in [1.29, 1.82) is 0 Å². The topological polar surface area (TPSA) is 46.9 Å². The fourth-order valence-electron chi connectivity index (χ4n) is 3.07. The first-order valence-corrected chi connectivity index (χ1v) is 9.69. The Kier molecular flexibility index (Phi) is 4.32. The second-order valence-corrected chi connectivity index (χ2v) is 7.97. The van der Waals surface area contributed by atoms with Gasteiger partial charge in [0.05, 0.1) is 16.3 Å². The number of benzene rings is 2. The van der Waals surface area contributed by atoms with E-state index in [-0.39, 0.29) is 5.91 Å². The molecule has 0 saturated heterocycles. The van der Waals surface area contributed by atoms with E-state index in [1.165, 1.54) is 16.9 Å². The normalized spacial score (nSPS) is 11.1. The summed E-state index contributed by atoms with van der Waals surface area (Å²) < 4.78 is 1.92. The molecule has 4 aromatic rings. The van der Waals surface area contributed by atoms with E-state index in [0.717, 1.165) is 38.4 Å². The zero-order valence-corrected chi connectivity index (χ0v) is 16.6. The molecular formula is C22H21N3OS. The van der Waals surface area contributed by atoms with Gasteiger partial charge in [-0.15, -0.1) is 11.3 Å². The van der Waals surface area contributed by atoms with E-state index in [0.29, 0.717) is 4.88 Å². The summed E-state index contributed by atoms with van der Waals surface area (Å²) in [7, 11) is 0. The molecule has 27 heavy (non-hydrogen) atoms. The van der Waals surface area contributed by atoms with Crippen molar-refractivity contribution in [2.45, 2.75) is 27.7 Å². The lowest BCUT2D eigenvalue weighted by Gasteiger charge is -2.08. The fourth-order valence-corrected chi connectivity index (χ4v) is 4.15. The zero-order chi connectivity index (χ0) is 19.1. The molecule has 0 fully saturated rings. The van der Waals surface area contributed by atoms with E-state index in [2.05, 4.69) is 41.6 Å². The van der Waals surface area contributed by atoms with Crippen molar-refractivity contribution in [3.8, 4) is 5.69 Å². The van der Waals surface area contributed by atoms with Crippen molar-refractivity contribution in [3.05, 3.63) is 75.8 Å². The van der Waals surface area contributed by atoms with Crippen LogP contribution < -0.4 is 5.32 Å². The summed E-state index contributed by atoms with van der Waals surface area (Å²) in [5.41, 5.74) is 6.16. The van der Waals surface area contributed by atoms with Gasteiger partial charge in [0.25, 0.3) is 5.91 Å². The van der Waals surface area contributed by atoms with Crippen LogP contribution in [0.3, 0.4) is 0 Å². The molecule has 0 atom stereocenters. The van der Waals surface area contributed by atoms with Gasteiger partial charge in [-0.25, -0.2) is 4.68 Å². The monoisotopic (exact) mass is 375 g/mol. The molecule has 1 N–H and O–H groups in total. The van der Waals surface area contributed by atoms with Crippen molar-refractivity contribution in [2.24, 2.45) is 0 Å². The Balaban J connectivity index is 1.71. The summed E-state index contributed by atoms with van der Waals surface area (Å²) in [6.07, 6.45) is 0. The third kappa shape index (κ3) is 3.26. The lowest BCUT2D eigenvalue weighted by molar-refractivity contribution is 0.103. The average molecular weight is 375 g/mol. The minimum Gasteiger partial charge on any atom is -0.321 e. The van der Waals surface area contributed by atoms with Crippen LogP contribution in [0.1, 0.15) is 32.1 Å². The molecule has 0 saturated carbocycles. The maximum Gasteiger partial charge on any atom is 0.265 e. The van der Waals surface area contributed by atoms with Crippen molar-refractivity contribution < 1.29 is 4.79 Å². The molecule has 1 amide bonds. The molecule has 4 rings (SSSR count). The third-order valence-corrected chi connectivity index (χ3v) is 5.80. The number of thiophene rings is 1. The Bertz CT molecular complexity index is 1150. The Morgan fingerprint density at radius 1 is 0.963 bits per heavy atom. The first kappa shape index (κ1) is 17.5. The predicted molar refractivity (Wildman–Crippen MR) is 112 cm³/mol. The van der Waals surface area contributed by atoms with Crippen LogP contribution >= 0.6 is 11.3 Å². The maximum atomic E-state index is 12.8. The zero-order valence-electron chi connectivity index (χ0n) is 15.8. The van der Waals surface area contributed by atoms with Crippen molar-refractivity contribution >= 4 is 33.1 Å². The number of fused-ring (bicyclic) bond motifs is 1. The summed E-state index contributed by atoms with van der Waals surface area (Å²) in [4.78, 5) is 14.5. The summed E-state index contributed by atoms with van der Waals surface area (Å²) in [6, 6.07) is 16.2. The highest BCUT2D eigenvalue weighted by Crippen LogP contribution is 2.31. The number of nitrogens with one attached hydrogen (secondary N) is 1. The number of aryl methyl sites for hydroxylation is 4. The van der Waals surface area contributed by atoms with E-state index in [1.807, 2.05) is 49.7 Å². The predicted octanol–water partition coefficient (Wildman–Crippen LogP) is 5.57. The van der Waals surface area contributed by atoms with Crippen LogP contribution in [0.15, 0.2) is 48.5 Å². The number of rotatable bonds is 3. The largest absolute Gasteiger partial charge is 0.321 e. The van der Waals surface area contributed by atoms with Crippen LogP contribution in [0.25, 0.3) is 15.9 Å². The average Bonchev–Trinajstić information content (AvgIpc) is 3.20. The lowest BCUT2D eigenvalue weighted by Crippen LogP contribution is -2.11. The smallest absolute Gasteiger partial charge is 0.265 e. The second kappa shape index (κ2) is 6.67. The van der Waals surface area contributed by atoms with Crippen LogP contribution in [0.4, 0.5) is 5.69 Å². The number of hydrogen-bond donors (Lipinski definition) is 1. The number of carbonyl (C=O) groups excluding carboxylic acids is 1. The highest BCUT2D eigenvalue weighted by atomic mass is 32.1. The summed E-state index contributed by atoms with van der Waals surface area (Å²) >= 11 is 1.47. The molecule has 4 nitrogen and oxygen atoms in total. The Morgan fingerprint density at radius 3 is 2.41 bits per heavy atom. The summed E-state index contributed by atoms with van der Waals surface area (Å²) in [5.74, 6) is -0.0836. The minimum absolute atomic E-state index is 0.0836. The molecule has 0 bridgehead atoms. The molecule has 2 heterocycles. The Morgan fingerprint density at radius 2 is 1.67 bits per heavy atom. The van der Waals surface area contributed by atoms with Gasteiger partial charge in [0.2, 0.25) is 0 Å². The minimum atomic E-state index is -0.0836. The van der Waals surface area contributed by atoms with Gasteiger partial charge in [-0.3, -0.25) is 4.79 Å². The van der Waals surface area contributed by atoms with Crippen LogP contribution in [0.5, 0.6) is 0 Å². The second-order valence-electron chi connectivity index (χ2n) is 6.93. The highest BCUT2D eigenvalue weighted by Gasteiger charge is 2.17. The van der Waals surface area contributed by atoms with Gasteiger partial charge in [0, 0.05) is 11.1 Å². The van der Waals surface area contributed by atoms with Gasteiger partial charge in [-0.05, 0) is 63.1 Å². The number of anilines is 1. The molecule has 0 unspecified atom stereocenters. The van der Waals surface area contributed by atoms with Gasteiger partial charge in [-0.2, -0.15) is 5.10 Å². The lowest BCUT2D eigenvalue weighted by atomic mass is 10.1. The van der Waals surface area contributed by atoms with Crippen LogP contribution in [0, 0.1) is 27.7 Å². The van der Waals surface area contributed by atoms with E-state index in [1.54, 1.807) is 0 Å². The van der Waals surface area contributed by atoms with Crippen LogP contribution in [0.2, 0.25) is 0 Å². The van der Waals surface area contributed by atoms with E-state index in [4.69, 9.17) is 0 Å². The molecule has 0 radical (unpaired) electrons. The number of carbonyl (C=O) groups is 1. The van der Waals surface area contributed by atoms with Gasteiger partial charge >= 0.3 is 0 Å². The molecular weight excluding hydrogens is 354 g/mol. The van der Waals surface area contributed by atoms with Crippen molar-refractivity contribution in [3.63, 3.8) is 0 Å². The van der Waals surface area contributed by atoms with Crippen molar-refractivity contribution in [2.75, 3.05) is 5.32 Å². The van der Waals surface area contributed by atoms with Gasteiger partial charge in [0.15, 0.2) is 0 Å². The molecule has 2 aromatic carbocycles. The van der Waals surface area contributed by atoms with Crippen molar-refractivity contribution in [1.82, 2.24) is 9.78 Å². The highest BCUT2D eigenvalue weighted by molar-refractivity contribution is 7.20. The van der Waals surface area contributed by atoms with Gasteiger partial charge < -0.3 is 5.32 Å². The van der Waals surface area contributed by atoms with E-state index < -0.39 is 0 Å². The molecule has 0 aliphatic carbocycles. The SMILES string of the molecule is Cc1ccc(-n2nc(C)c3cc(C(=O)Nc4cc(C)ccc4C)sc32)cc1. The maximum absolute atomic E-state index is 12.8. The Labute approximate surface area is 162 Å². The number of nitrogens with zero attached hydrogens (tertiary/aromatic N) is 2. The molecule has 136 valence electrons. The first-order valence-electron chi connectivity index (χ1n) is 8.87. The van der Waals surface area contributed by atoms with E-state index in [9.17, 15) is 4.79 Å². The molecule has 2 aromatic heterocycles. The van der Waals surface area contributed by atoms with Gasteiger partial charge in [0.1, 0.15) is 4.83 Å². The first-order chi connectivity index (χ1) is 12.9. The summed E-state index contributed by atoms with van der Waals surface area (Å²) in [5, 5.41) is 8.72. The van der Waals surface area contributed by atoms with Crippen LogP contribution in [-0.2, 0) is 0 Å². The van der Waals surface area contributed by atoms with Gasteiger partial charge in [-0.1, -0.05) is 29.8 Å². The molecule has 0 spiro atoms. The number of hydrogen-bond acceptors (Lipinski definition) is 3. The van der Waals surface area contributed by atoms with Crippen LogP contribution in [-0.4, -0.2) is 15.7 Å². The fraction of sp³-hybridized carbons (Fsp3) is 0.182. The molecule has 0 aliphatic heterocycles. The molecule has 5 heteroatoms. The third-order valence-electron chi connectivity index (χ3n) is 4.69. The number of aromatic nitrogens is 2. The van der Waals surface area contributed by atoms with E-state index >= 15 is 0 Å². The standard InChI is InChI=1S/C22H21N3OS/c1-13-6-9-17(10-7-13)25-22-18(16(4)24-25)12-20(27-22)21(26)23-19-11-14(2)5-8-15(19)3/h5-12H,1-4H3,(H,23,26).